The minimum Gasteiger partial charge on any atom is -0.300 e. The van der Waals surface area contributed by atoms with Crippen LogP contribution in [0.3, 0.4) is 0 Å². The number of carbonyl (C=O) groups excluding carboxylic acids is 1. The van der Waals surface area contributed by atoms with Crippen LogP contribution in [-0.2, 0) is 4.79 Å². The predicted molar refractivity (Wildman–Crippen MR) is 36.9 cm³/mol. The van der Waals surface area contributed by atoms with E-state index in [4.69, 9.17) is 0 Å². The first-order chi connectivity index (χ1) is 4.29. The van der Waals surface area contributed by atoms with Crippen molar-refractivity contribution in [3.05, 3.63) is 6.42 Å². The lowest BCUT2D eigenvalue weighted by molar-refractivity contribution is -0.114. The van der Waals surface area contributed by atoms with Crippen molar-refractivity contribution >= 4 is 5.78 Å². The van der Waals surface area contributed by atoms with E-state index in [0.29, 0.717) is 5.92 Å². The van der Waals surface area contributed by atoms with Gasteiger partial charge in [0.15, 0.2) is 0 Å². The second kappa shape index (κ2) is 3.00. The number of rotatable bonds is 2. The molecular weight excluding hydrogens is 112 g/mol. The van der Waals surface area contributed by atoms with Gasteiger partial charge in [-0.1, -0.05) is 12.8 Å². The summed E-state index contributed by atoms with van der Waals surface area (Å²) in [5, 5.41) is 0. The Hall–Kier alpha value is -0.330. The first-order valence-electron chi connectivity index (χ1n) is 3.64. The molecule has 0 amide bonds. The fourth-order valence-electron chi connectivity index (χ4n) is 1.46. The van der Waals surface area contributed by atoms with E-state index >= 15 is 0 Å². The second-order valence-corrected chi connectivity index (χ2v) is 2.82. The average molecular weight is 125 g/mol. The van der Waals surface area contributed by atoms with Crippen molar-refractivity contribution in [3.63, 3.8) is 0 Å². The molecule has 1 radical (unpaired) electrons. The molecule has 0 spiro atoms. The molecule has 0 saturated heterocycles. The van der Waals surface area contributed by atoms with Crippen molar-refractivity contribution in [2.24, 2.45) is 5.92 Å². The molecule has 0 aliphatic heterocycles. The molecule has 1 fully saturated rings. The fraction of sp³-hybridized carbons (Fsp3) is 0.750. The summed E-state index contributed by atoms with van der Waals surface area (Å²) in [6, 6.07) is 0. The minimum atomic E-state index is 0.238. The summed E-state index contributed by atoms with van der Waals surface area (Å²) in [5.41, 5.74) is 0. The molecule has 51 valence electrons. The van der Waals surface area contributed by atoms with Crippen molar-refractivity contribution in [2.45, 2.75) is 32.6 Å². The molecule has 1 rings (SSSR count). The molecule has 0 aromatic rings. The summed E-state index contributed by atoms with van der Waals surface area (Å²) >= 11 is 0. The van der Waals surface area contributed by atoms with Crippen LogP contribution in [0.5, 0.6) is 0 Å². The SMILES string of the molecule is CC(=O)[CH]C1CCCC1. The van der Waals surface area contributed by atoms with Gasteiger partial charge >= 0.3 is 0 Å². The summed E-state index contributed by atoms with van der Waals surface area (Å²) in [6.07, 6.45) is 6.97. The molecule has 1 nitrogen and oxygen atoms in total. The predicted octanol–water partition coefficient (Wildman–Crippen LogP) is 1.97. The Kier molecular flexibility index (Phi) is 2.26. The molecule has 1 aliphatic rings. The number of Topliss-reactive ketones (excluding diaryl/α,β-unsaturated/α-hetero) is 1. The highest BCUT2D eigenvalue weighted by Crippen LogP contribution is 2.26. The summed E-state index contributed by atoms with van der Waals surface area (Å²) in [5.74, 6) is 0.851. The van der Waals surface area contributed by atoms with Crippen molar-refractivity contribution in [1.82, 2.24) is 0 Å². The average Bonchev–Trinajstić information content (AvgIpc) is 2.15. The van der Waals surface area contributed by atoms with Crippen LogP contribution >= 0.6 is 0 Å². The Morgan fingerprint density at radius 2 is 2.00 bits per heavy atom. The highest BCUT2D eigenvalue weighted by atomic mass is 16.1. The molecule has 0 bridgehead atoms. The molecule has 0 N–H and O–H groups in total. The fourth-order valence-corrected chi connectivity index (χ4v) is 1.46. The third-order valence-corrected chi connectivity index (χ3v) is 1.87. The van der Waals surface area contributed by atoms with E-state index in [1.54, 1.807) is 6.92 Å². The van der Waals surface area contributed by atoms with Gasteiger partial charge < -0.3 is 0 Å². The Morgan fingerprint density at radius 3 is 2.44 bits per heavy atom. The van der Waals surface area contributed by atoms with Crippen LogP contribution in [0.25, 0.3) is 0 Å². The molecule has 0 atom stereocenters. The minimum absolute atomic E-state index is 0.238. The highest BCUT2D eigenvalue weighted by molar-refractivity contribution is 5.84. The Labute approximate surface area is 56.4 Å². The van der Waals surface area contributed by atoms with Crippen LogP contribution in [0, 0.1) is 12.3 Å². The zero-order valence-corrected chi connectivity index (χ0v) is 5.89. The van der Waals surface area contributed by atoms with Gasteiger partial charge in [-0.25, -0.2) is 0 Å². The van der Waals surface area contributed by atoms with Gasteiger partial charge in [0.2, 0.25) is 0 Å². The Morgan fingerprint density at radius 1 is 1.44 bits per heavy atom. The molecule has 1 heteroatoms. The van der Waals surface area contributed by atoms with E-state index in [9.17, 15) is 4.79 Å². The van der Waals surface area contributed by atoms with Gasteiger partial charge in [0, 0.05) is 6.42 Å². The number of ketones is 1. The van der Waals surface area contributed by atoms with E-state index in [0.717, 1.165) is 0 Å². The summed E-state index contributed by atoms with van der Waals surface area (Å²) in [4.78, 5) is 10.5. The first-order valence-corrected chi connectivity index (χ1v) is 3.64. The van der Waals surface area contributed by atoms with Crippen LogP contribution in [-0.4, -0.2) is 5.78 Å². The zero-order chi connectivity index (χ0) is 6.69. The van der Waals surface area contributed by atoms with E-state index in [2.05, 4.69) is 0 Å². The molecule has 9 heavy (non-hydrogen) atoms. The highest BCUT2D eigenvalue weighted by Gasteiger charge is 2.16. The van der Waals surface area contributed by atoms with Crippen LogP contribution in [0.1, 0.15) is 32.6 Å². The monoisotopic (exact) mass is 125 g/mol. The maximum absolute atomic E-state index is 10.5. The third-order valence-electron chi connectivity index (χ3n) is 1.87. The van der Waals surface area contributed by atoms with Gasteiger partial charge in [-0.15, -0.1) is 0 Å². The van der Waals surface area contributed by atoms with Crippen LogP contribution in [0.4, 0.5) is 0 Å². The summed E-state index contributed by atoms with van der Waals surface area (Å²) in [6.45, 7) is 1.64. The normalized spacial score (nSPS) is 20.6. The standard InChI is InChI=1S/C8H13O/c1-7(9)6-8-4-2-3-5-8/h6,8H,2-5H2,1H3. The van der Waals surface area contributed by atoms with Gasteiger partial charge in [0.1, 0.15) is 5.78 Å². The van der Waals surface area contributed by atoms with Gasteiger partial charge in [0.25, 0.3) is 0 Å². The summed E-state index contributed by atoms with van der Waals surface area (Å²) < 4.78 is 0. The topological polar surface area (TPSA) is 17.1 Å². The molecule has 0 aromatic heterocycles. The van der Waals surface area contributed by atoms with Crippen LogP contribution < -0.4 is 0 Å². The molecular formula is C8H13O. The number of hydrogen-bond acceptors (Lipinski definition) is 1. The zero-order valence-electron chi connectivity index (χ0n) is 5.89. The quantitative estimate of drug-likeness (QED) is 0.551. The maximum Gasteiger partial charge on any atom is 0.133 e. The third kappa shape index (κ3) is 2.17. The lowest BCUT2D eigenvalue weighted by atomic mass is 10.0. The molecule has 0 aromatic carbocycles. The van der Waals surface area contributed by atoms with Gasteiger partial charge in [-0.05, 0) is 25.7 Å². The van der Waals surface area contributed by atoms with E-state index in [-0.39, 0.29) is 5.78 Å². The molecule has 1 aliphatic carbocycles. The van der Waals surface area contributed by atoms with Gasteiger partial charge in [-0.3, -0.25) is 4.79 Å². The Bertz CT molecular complexity index is 101. The lowest BCUT2D eigenvalue weighted by Gasteiger charge is -2.02. The molecule has 0 unspecified atom stereocenters. The van der Waals surface area contributed by atoms with Crippen molar-refractivity contribution in [3.8, 4) is 0 Å². The van der Waals surface area contributed by atoms with E-state index in [1.807, 2.05) is 6.42 Å². The number of hydrogen-bond donors (Lipinski definition) is 0. The first kappa shape index (κ1) is 6.79. The molecule has 1 saturated carbocycles. The van der Waals surface area contributed by atoms with E-state index < -0.39 is 0 Å². The number of carbonyl (C=O) groups is 1. The van der Waals surface area contributed by atoms with Crippen molar-refractivity contribution < 1.29 is 4.79 Å². The lowest BCUT2D eigenvalue weighted by Crippen LogP contribution is -2.01. The van der Waals surface area contributed by atoms with Crippen LogP contribution in [0.2, 0.25) is 0 Å². The molecule has 0 heterocycles. The van der Waals surface area contributed by atoms with Crippen molar-refractivity contribution in [1.29, 1.82) is 0 Å². The summed E-state index contributed by atoms with van der Waals surface area (Å²) in [7, 11) is 0. The Balaban J connectivity index is 2.19. The van der Waals surface area contributed by atoms with E-state index in [1.165, 1.54) is 25.7 Å². The van der Waals surface area contributed by atoms with Crippen LogP contribution in [0.15, 0.2) is 0 Å². The van der Waals surface area contributed by atoms with Gasteiger partial charge in [-0.2, -0.15) is 0 Å². The van der Waals surface area contributed by atoms with Gasteiger partial charge in [0.05, 0.1) is 0 Å². The second-order valence-electron chi connectivity index (χ2n) is 2.82. The smallest absolute Gasteiger partial charge is 0.133 e. The maximum atomic E-state index is 10.5. The largest absolute Gasteiger partial charge is 0.300 e. The van der Waals surface area contributed by atoms with Crippen molar-refractivity contribution in [2.75, 3.05) is 0 Å².